The van der Waals surface area contributed by atoms with E-state index in [4.69, 9.17) is 0 Å². The zero-order valence-electron chi connectivity index (χ0n) is 19.1. The normalized spacial score (nSPS) is 17.1. The van der Waals surface area contributed by atoms with E-state index < -0.39 is 18.4 Å². The van der Waals surface area contributed by atoms with Gasteiger partial charge in [-0.2, -0.15) is 0 Å². The van der Waals surface area contributed by atoms with Gasteiger partial charge in [-0.3, -0.25) is 4.79 Å². The Morgan fingerprint density at radius 1 is 0.829 bits per heavy atom. The molecule has 5 heteroatoms. The molecule has 0 fully saturated rings. The number of ketones is 1. The Kier molecular flexibility index (Phi) is 6.17. The molecular weight excluding hydrogens is 438 g/mol. The van der Waals surface area contributed by atoms with Crippen LogP contribution in [0.1, 0.15) is 17.5 Å². The van der Waals surface area contributed by atoms with E-state index in [1.54, 1.807) is 0 Å². The van der Waals surface area contributed by atoms with Gasteiger partial charge in [0, 0.05) is 6.54 Å². The minimum atomic E-state index is -1.52. The van der Waals surface area contributed by atoms with E-state index >= 15 is 0 Å². The molecule has 5 nitrogen and oxygen atoms in total. The highest BCUT2D eigenvalue weighted by molar-refractivity contribution is 6.41. The Morgan fingerprint density at radius 2 is 1.43 bits per heavy atom. The van der Waals surface area contributed by atoms with Gasteiger partial charge >= 0.3 is 5.97 Å². The van der Waals surface area contributed by atoms with Crippen LogP contribution in [0.5, 0.6) is 0 Å². The Labute approximate surface area is 204 Å². The van der Waals surface area contributed by atoms with E-state index in [9.17, 15) is 19.8 Å². The van der Waals surface area contributed by atoms with Gasteiger partial charge in [-0.1, -0.05) is 91.0 Å². The van der Waals surface area contributed by atoms with Crippen molar-refractivity contribution in [1.29, 1.82) is 0 Å². The quantitative estimate of drug-likeness (QED) is 0.490. The van der Waals surface area contributed by atoms with Gasteiger partial charge in [0.15, 0.2) is 0 Å². The number of benzene rings is 3. The van der Waals surface area contributed by atoms with Crippen LogP contribution in [0.15, 0.2) is 114 Å². The average molecular weight is 464 g/mol. The number of carboxylic acids is 1. The second-order valence-electron chi connectivity index (χ2n) is 8.68. The maximum absolute atomic E-state index is 12.8. The molecule has 0 aromatic heterocycles. The first-order valence-corrected chi connectivity index (χ1v) is 11.6. The van der Waals surface area contributed by atoms with Crippen molar-refractivity contribution in [3.8, 4) is 11.1 Å². The molecule has 1 heterocycles. The standard InChI is InChI=1S/C30H25NO4/c32-19-27-28(29(33)30(34)35)25-17-24(15-16-26(25)31(27)18-20-7-3-1-4-8-20)23-13-11-22(12-14-23)21-9-5-2-6-10-21/h1-15,17,26,32H,16,18-19H2,(H,34,35). The molecule has 0 saturated heterocycles. The van der Waals surface area contributed by atoms with Crippen LogP contribution in [0, 0.1) is 0 Å². The third kappa shape index (κ3) is 4.34. The van der Waals surface area contributed by atoms with E-state index in [-0.39, 0.29) is 11.6 Å². The topological polar surface area (TPSA) is 77.8 Å². The summed E-state index contributed by atoms with van der Waals surface area (Å²) < 4.78 is 0. The highest BCUT2D eigenvalue weighted by Crippen LogP contribution is 2.42. The summed E-state index contributed by atoms with van der Waals surface area (Å²) in [6.07, 6.45) is 4.63. The largest absolute Gasteiger partial charge is 0.475 e. The summed E-state index contributed by atoms with van der Waals surface area (Å²) in [5.41, 5.74) is 6.31. The fourth-order valence-electron chi connectivity index (χ4n) is 4.93. The van der Waals surface area contributed by atoms with E-state index in [0.29, 0.717) is 24.2 Å². The van der Waals surface area contributed by atoms with Crippen LogP contribution in [-0.2, 0) is 16.1 Å². The van der Waals surface area contributed by atoms with Crippen molar-refractivity contribution in [2.45, 2.75) is 19.0 Å². The number of aliphatic carboxylic acids is 1. The number of aliphatic hydroxyl groups excluding tert-OH is 1. The highest BCUT2D eigenvalue weighted by Gasteiger charge is 2.41. The van der Waals surface area contributed by atoms with Gasteiger partial charge in [0.1, 0.15) is 0 Å². The van der Waals surface area contributed by atoms with Gasteiger partial charge in [-0.25, -0.2) is 4.79 Å². The summed E-state index contributed by atoms with van der Waals surface area (Å²) in [6.45, 7) is 0.0697. The summed E-state index contributed by atoms with van der Waals surface area (Å²) in [6, 6.07) is 27.9. The lowest BCUT2D eigenvalue weighted by molar-refractivity contribution is -0.147. The number of Topliss-reactive ketones (excluding diaryl/α,β-unsaturated/α-hetero) is 1. The fourth-order valence-corrected chi connectivity index (χ4v) is 4.93. The molecule has 35 heavy (non-hydrogen) atoms. The van der Waals surface area contributed by atoms with E-state index in [0.717, 1.165) is 27.8 Å². The molecule has 0 spiro atoms. The third-order valence-corrected chi connectivity index (χ3v) is 6.62. The van der Waals surface area contributed by atoms with Crippen molar-refractivity contribution in [3.05, 3.63) is 125 Å². The molecule has 0 radical (unpaired) electrons. The number of carbonyl (C=O) groups excluding carboxylic acids is 1. The van der Waals surface area contributed by atoms with Crippen LogP contribution in [-0.4, -0.2) is 39.5 Å². The van der Waals surface area contributed by atoms with Gasteiger partial charge in [0.05, 0.1) is 23.9 Å². The zero-order valence-corrected chi connectivity index (χ0v) is 19.1. The van der Waals surface area contributed by atoms with Gasteiger partial charge < -0.3 is 15.1 Å². The van der Waals surface area contributed by atoms with Gasteiger partial charge in [0.25, 0.3) is 5.78 Å². The predicted molar refractivity (Wildman–Crippen MR) is 135 cm³/mol. The molecule has 1 atom stereocenters. The van der Waals surface area contributed by atoms with Crippen molar-refractivity contribution in [1.82, 2.24) is 4.90 Å². The second-order valence-corrected chi connectivity index (χ2v) is 8.68. The van der Waals surface area contributed by atoms with Crippen molar-refractivity contribution in [2.75, 3.05) is 6.61 Å². The third-order valence-electron chi connectivity index (χ3n) is 6.62. The van der Waals surface area contributed by atoms with Crippen molar-refractivity contribution < 1.29 is 19.8 Å². The number of carboxylic acid groups (broad SMARTS) is 1. The van der Waals surface area contributed by atoms with Gasteiger partial charge in [-0.05, 0) is 45.9 Å². The minimum absolute atomic E-state index is 0.104. The summed E-state index contributed by atoms with van der Waals surface area (Å²) >= 11 is 0. The van der Waals surface area contributed by atoms with E-state index in [1.165, 1.54) is 0 Å². The maximum atomic E-state index is 12.8. The van der Waals surface area contributed by atoms with Crippen LogP contribution in [0.25, 0.3) is 16.7 Å². The average Bonchev–Trinajstić information content (AvgIpc) is 3.21. The van der Waals surface area contributed by atoms with Crippen molar-refractivity contribution >= 4 is 17.3 Å². The van der Waals surface area contributed by atoms with E-state index in [2.05, 4.69) is 30.3 Å². The molecule has 1 aliphatic heterocycles. The summed E-state index contributed by atoms with van der Waals surface area (Å²) in [5.74, 6) is -2.50. The molecule has 5 rings (SSSR count). The first kappa shape index (κ1) is 22.6. The number of hydrogen-bond donors (Lipinski definition) is 2. The SMILES string of the molecule is O=C(O)C(=O)C1=C(CO)N(Cc2ccccc2)C2CC=C(c3ccc(-c4ccccc4)cc3)C=C12. The molecule has 0 amide bonds. The lowest BCUT2D eigenvalue weighted by atomic mass is 9.87. The molecular formula is C30H25NO4. The summed E-state index contributed by atoms with van der Waals surface area (Å²) in [7, 11) is 0. The highest BCUT2D eigenvalue weighted by atomic mass is 16.4. The Morgan fingerprint density at radius 3 is 2.06 bits per heavy atom. The van der Waals surface area contributed by atoms with Crippen molar-refractivity contribution in [3.63, 3.8) is 0 Å². The molecule has 1 unspecified atom stereocenters. The Bertz CT molecular complexity index is 1350. The minimum Gasteiger partial charge on any atom is -0.475 e. The molecule has 1 aliphatic carbocycles. The number of rotatable bonds is 7. The van der Waals surface area contributed by atoms with Crippen LogP contribution in [0.2, 0.25) is 0 Å². The molecule has 3 aromatic rings. The van der Waals surface area contributed by atoms with Crippen LogP contribution >= 0.6 is 0 Å². The number of aliphatic hydroxyl groups is 1. The first-order valence-electron chi connectivity index (χ1n) is 11.6. The number of allylic oxidation sites excluding steroid dienone is 2. The smallest absolute Gasteiger partial charge is 0.377 e. The number of carbonyl (C=O) groups is 2. The number of nitrogens with zero attached hydrogens (tertiary/aromatic N) is 1. The van der Waals surface area contributed by atoms with Gasteiger partial charge in [-0.15, -0.1) is 0 Å². The van der Waals surface area contributed by atoms with Crippen LogP contribution in [0.4, 0.5) is 0 Å². The monoisotopic (exact) mass is 463 g/mol. The zero-order chi connectivity index (χ0) is 24.4. The fraction of sp³-hybridized carbons (Fsp3) is 0.133. The maximum Gasteiger partial charge on any atom is 0.377 e. The summed E-state index contributed by atoms with van der Waals surface area (Å²) in [5, 5.41) is 19.7. The van der Waals surface area contributed by atoms with Gasteiger partial charge in [0.2, 0.25) is 0 Å². The molecule has 0 bridgehead atoms. The number of hydrogen-bond acceptors (Lipinski definition) is 4. The Balaban J connectivity index is 1.51. The van der Waals surface area contributed by atoms with Crippen LogP contribution < -0.4 is 0 Å². The van der Waals surface area contributed by atoms with Crippen LogP contribution in [0.3, 0.4) is 0 Å². The molecule has 0 saturated carbocycles. The summed E-state index contributed by atoms with van der Waals surface area (Å²) in [4.78, 5) is 26.4. The molecule has 174 valence electrons. The molecule has 2 N–H and O–H groups in total. The van der Waals surface area contributed by atoms with E-state index in [1.807, 2.05) is 71.6 Å². The lowest BCUT2D eigenvalue weighted by Crippen LogP contribution is -2.32. The van der Waals surface area contributed by atoms with Crippen molar-refractivity contribution in [2.24, 2.45) is 0 Å². The molecule has 2 aliphatic rings. The lowest BCUT2D eigenvalue weighted by Gasteiger charge is -2.31. The first-order chi connectivity index (χ1) is 17.1. The number of fused-ring (bicyclic) bond motifs is 1. The Hall–Kier alpha value is -4.22. The second kappa shape index (κ2) is 9.57. The predicted octanol–water partition coefficient (Wildman–Crippen LogP) is 4.85. The molecule has 3 aromatic carbocycles.